The van der Waals surface area contributed by atoms with Crippen LogP contribution in [0.2, 0.25) is 0 Å². The van der Waals surface area contributed by atoms with E-state index < -0.39 is 6.09 Å². The van der Waals surface area contributed by atoms with Gasteiger partial charge in [-0.3, -0.25) is 9.78 Å². The summed E-state index contributed by atoms with van der Waals surface area (Å²) in [7, 11) is 0. The van der Waals surface area contributed by atoms with Crippen molar-refractivity contribution >= 4 is 22.9 Å². The molecule has 2 amide bonds. The summed E-state index contributed by atoms with van der Waals surface area (Å²) in [6, 6.07) is 11.3. The predicted molar refractivity (Wildman–Crippen MR) is 101 cm³/mol. The molecule has 1 N–H and O–H groups in total. The van der Waals surface area contributed by atoms with Crippen molar-refractivity contribution < 1.29 is 14.3 Å². The summed E-state index contributed by atoms with van der Waals surface area (Å²) in [5.41, 5.74) is 2.52. The topological polar surface area (TPSA) is 78.5 Å². The molecule has 7 nitrogen and oxygen atoms in total. The molecule has 3 heterocycles. The van der Waals surface area contributed by atoms with Gasteiger partial charge in [0.2, 0.25) is 0 Å². The maximum atomic E-state index is 12.9. The molecule has 0 unspecified atom stereocenters. The third-order valence-corrected chi connectivity index (χ3v) is 4.84. The van der Waals surface area contributed by atoms with Gasteiger partial charge in [-0.05, 0) is 30.7 Å². The second kappa shape index (κ2) is 7.11. The second-order valence-corrected chi connectivity index (χ2v) is 6.51. The van der Waals surface area contributed by atoms with E-state index in [0.29, 0.717) is 37.6 Å². The average Bonchev–Trinajstić information content (AvgIpc) is 3.05. The maximum absolute atomic E-state index is 12.9. The first-order valence-electron chi connectivity index (χ1n) is 8.87. The monoisotopic (exact) mass is 364 g/mol. The van der Waals surface area contributed by atoms with Gasteiger partial charge in [-0.15, -0.1) is 0 Å². The first-order chi connectivity index (χ1) is 13.1. The van der Waals surface area contributed by atoms with Crippen molar-refractivity contribution in [3.63, 3.8) is 0 Å². The number of nitrogens with one attached hydrogen (secondary N) is 1. The van der Waals surface area contributed by atoms with Crippen LogP contribution >= 0.6 is 0 Å². The van der Waals surface area contributed by atoms with Crippen LogP contribution in [0, 0.1) is 6.92 Å². The fraction of sp³-hybridized carbons (Fsp3) is 0.250. The Bertz CT molecular complexity index is 975. The van der Waals surface area contributed by atoms with E-state index in [2.05, 4.69) is 9.97 Å². The van der Waals surface area contributed by atoms with Crippen molar-refractivity contribution in [2.45, 2.75) is 6.92 Å². The molecule has 7 heteroatoms. The smallest absolute Gasteiger partial charge is 0.409 e. The molecule has 1 aromatic carbocycles. The Hall–Kier alpha value is -3.35. The molecule has 1 aliphatic rings. The van der Waals surface area contributed by atoms with Gasteiger partial charge in [0.05, 0.1) is 6.20 Å². The van der Waals surface area contributed by atoms with Crippen molar-refractivity contribution in [2.24, 2.45) is 0 Å². The van der Waals surface area contributed by atoms with Gasteiger partial charge in [0.15, 0.2) is 5.75 Å². The zero-order valence-electron chi connectivity index (χ0n) is 15.0. The summed E-state index contributed by atoms with van der Waals surface area (Å²) in [6.45, 7) is 3.76. The molecule has 4 rings (SSSR count). The fourth-order valence-corrected chi connectivity index (χ4v) is 3.32. The van der Waals surface area contributed by atoms with E-state index in [9.17, 15) is 9.59 Å². The molecule has 0 bridgehead atoms. The highest BCUT2D eigenvalue weighted by Crippen LogP contribution is 2.23. The number of aryl methyl sites for hydroxylation is 1. The molecular formula is C20H20N4O3. The van der Waals surface area contributed by atoms with Crippen LogP contribution in [0.5, 0.6) is 5.75 Å². The van der Waals surface area contributed by atoms with Crippen LogP contribution in [-0.2, 0) is 0 Å². The third kappa shape index (κ3) is 3.36. The number of hydrogen-bond donors (Lipinski definition) is 1. The van der Waals surface area contributed by atoms with Crippen LogP contribution in [0.4, 0.5) is 4.79 Å². The Kier molecular flexibility index (Phi) is 4.50. The number of carbonyl (C=O) groups excluding carboxylic acids is 2. The van der Waals surface area contributed by atoms with Crippen molar-refractivity contribution in [3.05, 3.63) is 60.0 Å². The Balaban J connectivity index is 1.40. The summed E-state index contributed by atoms with van der Waals surface area (Å²) >= 11 is 0. The van der Waals surface area contributed by atoms with Gasteiger partial charge in [-0.2, -0.15) is 0 Å². The highest BCUT2D eigenvalue weighted by molar-refractivity contribution is 6.01. The number of H-pyrrole nitrogens is 1. The average molecular weight is 364 g/mol. The number of para-hydroxylation sites is 1. The van der Waals surface area contributed by atoms with Gasteiger partial charge in [0.1, 0.15) is 5.69 Å². The zero-order chi connectivity index (χ0) is 18.8. The van der Waals surface area contributed by atoms with Gasteiger partial charge in [0.25, 0.3) is 5.91 Å². The number of aromatic nitrogens is 2. The van der Waals surface area contributed by atoms with E-state index >= 15 is 0 Å². The van der Waals surface area contributed by atoms with Crippen LogP contribution in [-0.4, -0.2) is 57.9 Å². The van der Waals surface area contributed by atoms with Crippen LogP contribution < -0.4 is 4.74 Å². The number of rotatable bonds is 2. The molecule has 1 saturated heterocycles. The summed E-state index contributed by atoms with van der Waals surface area (Å²) < 4.78 is 5.31. The molecular weight excluding hydrogens is 344 g/mol. The van der Waals surface area contributed by atoms with Crippen molar-refractivity contribution in [2.75, 3.05) is 26.2 Å². The third-order valence-electron chi connectivity index (χ3n) is 4.84. The Morgan fingerprint density at radius 3 is 2.48 bits per heavy atom. The summed E-state index contributed by atoms with van der Waals surface area (Å²) in [5.74, 6) is 0.374. The lowest BCUT2D eigenvalue weighted by molar-refractivity contribution is 0.0628. The van der Waals surface area contributed by atoms with Gasteiger partial charge < -0.3 is 19.5 Å². The number of hydrogen-bond acceptors (Lipinski definition) is 4. The van der Waals surface area contributed by atoms with E-state index in [1.54, 1.807) is 28.1 Å². The minimum atomic E-state index is -0.420. The lowest BCUT2D eigenvalue weighted by Gasteiger charge is -2.33. The number of ether oxygens (including phenoxy) is 1. The maximum Gasteiger partial charge on any atom is 0.415 e. The van der Waals surface area contributed by atoms with Crippen molar-refractivity contribution in [1.82, 2.24) is 19.8 Å². The molecule has 0 radical (unpaired) electrons. The predicted octanol–water partition coefficient (Wildman–Crippen LogP) is 2.83. The Morgan fingerprint density at radius 1 is 1.04 bits per heavy atom. The van der Waals surface area contributed by atoms with E-state index in [-0.39, 0.29) is 5.91 Å². The zero-order valence-corrected chi connectivity index (χ0v) is 15.0. The molecule has 0 spiro atoms. The molecule has 0 aliphatic carbocycles. The number of amides is 2. The Morgan fingerprint density at radius 2 is 1.78 bits per heavy atom. The molecule has 0 atom stereocenters. The highest BCUT2D eigenvalue weighted by atomic mass is 16.6. The SMILES string of the molecule is Cc1c(C(=O)N2CCN(C(=O)Oc3cccnc3)CC2)[nH]c2ccccc12. The molecule has 0 saturated carbocycles. The van der Waals surface area contributed by atoms with E-state index in [1.165, 1.54) is 6.20 Å². The molecule has 1 fully saturated rings. The van der Waals surface area contributed by atoms with Crippen LogP contribution in [0.15, 0.2) is 48.8 Å². The minimum Gasteiger partial charge on any atom is -0.409 e. The molecule has 27 heavy (non-hydrogen) atoms. The number of nitrogens with zero attached hydrogens (tertiary/aromatic N) is 3. The first kappa shape index (κ1) is 17.1. The van der Waals surface area contributed by atoms with Gasteiger partial charge in [0, 0.05) is 43.3 Å². The number of aromatic amines is 1. The first-order valence-corrected chi connectivity index (χ1v) is 8.87. The number of carbonyl (C=O) groups is 2. The number of pyridine rings is 1. The number of piperazine rings is 1. The highest BCUT2D eigenvalue weighted by Gasteiger charge is 2.27. The molecule has 1 aliphatic heterocycles. The van der Waals surface area contributed by atoms with E-state index in [1.807, 2.05) is 31.2 Å². The fourth-order valence-electron chi connectivity index (χ4n) is 3.32. The van der Waals surface area contributed by atoms with E-state index in [4.69, 9.17) is 4.74 Å². The molecule has 3 aromatic rings. The summed E-state index contributed by atoms with van der Waals surface area (Å²) in [4.78, 5) is 35.7. The van der Waals surface area contributed by atoms with Gasteiger partial charge >= 0.3 is 6.09 Å². The standard InChI is InChI=1S/C20H20N4O3/c1-14-16-6-2-3-7-17(16)22-18(14)19(25)23-9-11-24(12-10-23)20(26)27-15-5-4-8-21-13-15/h2-8,13,22H,9-12H2,1H3. The van der Waals surface area contributed by atoms with E-state index in [0.717, 1.165) is 16.5 Å². The van der Waals surface area contributed by atoms with Crippen LogP contribution in [0.3, 0.4) is 0 Å². The second-order valence-electron chi connectivity index (χ2n) is 6.51. The largest absolute Gasteiger partial charge is 0.415 e. The number of benzene rings is 1. The summed E-state index contributed by atoms with van der Waals surface area (Å²) in [5, 5.41) is 1.06. The number of fused-ring (bicyclic) bond motifs is 1. The van der Waals surface area contributed by atoms with Gasteiger partial charge in [-0.1, -0.05) is 18.2 Å². The molecule has 2 aromatic heterocycles. The van der Waals surface area contributed by atoms with Crippen LogP contribution in [0.25, 0.3) is 10.9 Å². The van der Waals surface area contributed by atoms with Crippen LogP contribution in [0.1, 0.15) is 16.1 Å². The normalized spacial score (nSPS) is 14.4. The lowest BCUT2D eigenvalue weighted by atomic mass is 10.1. The Labute approximate surface area is 156 Å². The van der Waals surface area contributed by atoms with Crippen molar-refractivity contribution in [1.29, 1.82) is 0 Å². The lowest BCUT2D eigenvalue weighted by Crippen LogP contribution is -2.51. The van der Waals surface area contributed by atoms with Gasteiger partial charge in [-0.25, -0.2) is 4.79 Å². The molecule has 138 valence electrons. The quantitative estimate of drug-likeness (QED) is 0.758. The summed E-state index contributed by atoms with van der Waals surface area (Å²) in [6.07, 6.45) is 2.70. The minimum absolute atomic E-state index is 0.0380. The van der Waals surface area contributed by atoms with Crippen molar-refractivity contribution in [3.8, 4) is 5.75 Å².